The van der Waals surface area contributed by atoms with E-state index in [1.54, 1.807) is 0 Å². The second-order valence-corrected chi connectivity index (χ2v) is 6.40. The maximum absolute atomic E-state index is 8.80. The van der Waals surface area contributed by atoms with E-state index >= 15 is 0 Å². The number of aliphatic hydroxyl groups excluding tert-OH is 1. The molecule has 118 valence electrons. The maximum Gasteiger partial charge on any atom is 0.128 e. The van der Waals surface area contributed by atoms with Crippen LogP contribution in [0.3, 0.4) is 0 Å². The Morgan fingerprint density at radius 1 is 1.33 bits per heavy atom. The second kappa shape index (κ2) is 7.25. The summed E-state index contributed by atoms with van der Waals surface area (Å²) in [6, 6.07) is 6.47. The van der Waals surface area contributed by atoms with Crippen molar-refractivity contribution in [3.63, 3.8) is 0 Å². The van der Waals surface area contributed by atoms with E-state index in [0.29, 0.717) is 6.54 Å². The molecular weight excluding hydrogens is 264 g/mol. The van der Waals surface area contributed by atoms with Gasteiger partial charge in [-0.1, -0.05) is 18.2 Å². The van der Waals surface area contributed by atoms with E-state index in [-0.39, 0.29) is 18.2 Å². The molecular formula is C17H28N2O2. The van der Waals surface area contributed by atoms with Gasteiger partial charge in [0.25, 0.3) is 0 Å². The van der Waals surface area contributed by atoms with Gasteiger partial charge in [-0.25, -0.2) is 0 Å². The van der Waals surface area contributed by atoms with Crippen molar-refractivity contribution in [3.8, 4) is 5.75 Å². The predicted molar refractivity (Wildman–Crippen MR) is 85.6 cm³/mol. The number of unbranched alkanes of at least 4 members (excludes halogenated alkanes) is 2. The van der Waals surface area contributed by atoms with Crippen LogP contribution in [0.4, 0.5) is 0 Å². The van der Waals surface area contributed by atoms with Crippen molar-refractivity contribution < 1.29 is 9.84 Å². The highest BCUT2D eigenvalue weighted by molar-refractivity contribution is 5.47. The average Bonchev–Trinajstić information content (AvgIpc) is 2.77. The van der Waals surface area contributed by atoms with Gasteiger partial charge in [-0.3, -0.25) is 0 Å². The number of benzene rings is 1. The Hall–Kier alpha value is -1.10. The second-order valence-electron chi connectivity index (χ2n) is 6.40. The van der Waals surface area contributed by atoms with E-state index in [9.17, 15) is 0 Å². The molecule has 0 saturated carbocycles. The first-order valence-electron chi connectivity index (χ1n) is 7.92. The summed E-state index contributed by atoms with van der Waals surface area (Å²) >= 11 is 0. The minimum atomic E-state index is -0.126. The number of fused-ring (bicyclic) bond motifs is 1. The van der Waals surface area contributed by atoms with Crippen molar-refractivity contribution >= 4 is 0 Å². The first-order valence-corrected chi connectivity index (χ1v) is 7.92. The third-order valence-electron chi connectivity index (χ3n) is 3.96. The van der Waals surface area contributed by atoms with Gasteiger partial charge in [-0.2, -0.15) is 0 Å². The standard InChI is InChI=1S/C17H28N2O2/c1-17(2)11-13-7-6-8-14(16(13)21-17)15(12-18)19-9-4-3-5-10-20/h6-8,15,19-20H,3-5,9-12,18H2,1-2H3. The first kappa shape index (κ1) is 16.3. The van der Waals surface area contributed by atoms with Gasteiger partial charge in [0.1, 0.15) is 11.4 Å². The lowest BCUT2D eigenvalue weighted by atomic mass is 9.98. The van der Waals surface area contributed by atoms with Gasteiger partial charge >= 0.3 is 0 Å². The van der Waals surface area contributed by atoms with Crippen LogP contribution in [0.2, 0.25) is 0 Å². The predicted octanol–water partition coefficient (Wildman–Crippen LogP) is 2.15. The van der Waals surface area contributed by atoms with Gasteiger partial charge < -0.3 is 20.9 Å². The maximum atomic E-state index is 8.80. The zero-order chi connectivity index (χ0) is 15.3. The summed E-state index contributed by atoms with van der Waals surface area (Å²) < 4.78 is 6.12. The molecule has 4 N–H and O–H groups in total. The van der Waals surface area contributed by atoms with Gasteiger partial charge in [0.05, 0.1) is 0 Å². The fraction of sp³-hybridized carbons (Fsp3) is 0.647. The van der Waals surface area contributed by atoms with E-state index in [4.69, 9.17) is 15.6 Å². The lowest BCUT2D eigenvalue weighted by molar-refractivity contribution is 0.136. The summed E-state index contributed by atoms with van der Waals surface area (Å²) in [6.45, 7) is 5.98. The van der Waals surface area contributed by atoms with Crippen molar-refractivity contribution in [1.82, 2.24) is 5.32 Å². The molecule has 1 unspecified atom stereocenters. The molecule has 0 aliphatic carbocycles. The third kappa shape index (κ3) is 4.19. The van der Waals surface area contributed by atoms with Gasteiger partial charge in [-0.15, -0.1) is 0 Å². The minimum absolute atomic E-state index is 0.126. The van der Waals surface area contributed by atoms with Crippen molar-refractivity contribution in [3.05, 3.63) is 29.3 Å². The normalized spacial score (nSPS) is 17.3. The summed E-state index contributed by atoms with van der Waals surface area (Å²) in [6.07, 6.45) is 3.91. The third-order valence-corrected chi connectivity index (χ3v) is 3.96. The molecule has 1 aliphatic rings. The zero-order valence-corrected chi connectivity index (χ0v) is 13.2. The fourth-order valence-corrected chi connectivity index (χ4v) is 2.92. The molecule has 1 aliphatic heterocycles. The zero-order valence-electron chi connectivity index (χ0n) is 13.2. The molecule has 0 fully saturated rings. The van der Waals surface area contributed by atoms with Crippen LogP contribution in [0.5, 0.6) is 5.75 Å². The van der Waals surface area contributed by atoms with Crippen LogP contribution in [-0.2, 0) is 6.42 Å². The number of ether oxygens (including phenoxy) is 1. The molecule has 0 amide bonds. The largest absolute Gasteiger partial charge is 0.487 e. The Morgan fingerprint density at radius 2 is 2.14 bits per heavy atom. The molecule has 4 heteroatoms. The number of aliphatic hydroxyl groups is 1. The van der Waals surface area contributed by atoms with E-state index in [0.717, 1.165) is 38.0 Å². The van der Waals surface area contributed by atoms with Crippen LogP contribution < -0.4 is 15.8 Å². The fourth-order valence-electron chi connectivity index (χ4n) is 2.92. The highest BCUT2D eigenvalue weighted by atomic mass is 16.5. The van der Waals surface area contributed by atoms with Crippen LogP contribution in [-0.4, -0.2) is 30.4 Å². The molecule has 0 saturated heterocycles. The van der Waals surface area contributed by atoms with Crippen LogP contribution >= 0.6 is 0 Å². The Labute approximate surface area is 127 Å². The molecule has 21 heavy (non-hydrogen) atoms. The number of nitrogens with one attached hydrogen (secondary N) is 1. The van der Waals surface area contributed by atoms with Crippen molar-refractivity contribution in [2.45, 2.75) is 51.2 Å². The molecule has 0 radical (unpaired) electrons. The topological polar surface area (TPSA) is 67.5 Å². The molecule has 1 atom stereocenters. The van der Waals surface area contributed by atoms with E-state index < -0.39 is 0 Å². The van der Waals surface area contributed by atoms with Crippen molar-refractivity contribution in [2.24, 2.45) is 5.73 Å². The Balaban J connectivity index is 2.01. The number of hydrogen-bond donors (Lipinski definition) is 3. The van der Waals surface area contributed by atoms with E-state index in [2.05, 4.69) is 37.4 Å². The smallest absolute Gasteiger partial charge is 0.128 e. The molecule has 1 heterocycles. The molecule has 0 bridgehead atoms. The van der Waals surface area contributed by atoms with Crippen molar-refractivity contribution in [2.75, 3.05) is 19.7 Å². The lowest BCUT2D eigenvalue weighted by Crippen LogP contribution is -2.30. The molecule has 0 spiro atoms. The minimum Gasteiger partial charge on any atom is -0.487 e. The molecule has 4 nitrogen and oxygen atoms in total. The monoisotopic (exact) mass is 292 g/mol. The first-order chi connectivity index (χ1) is 10.1. The quantitative estimate of drug-likeness (QED) is 0.642. The summed E-state index contributed by atoms with van der Waals surface area (Å²) in [5, 5.41) is 12.3. The lowest BCUT2D eigenvalue weighted by Gasteiger charge is -2.22. The highest BCUT2D eigenvalue weighted by Crippen LogP contribution is 2.39. The Morgan fingerprint density at radius 3 is 2.86 bits per heavy atom. The van der Waals surface area contributed by atoms with Crippen LogP contribution in [0.25, 0.3) is 0 Å². The number of para-hydroxylation sites is 1. The van der Waals surface area contributed by atoms with E-state index in [1.165, 1.54) is 11.1 Å². The number of rotatable bonds is 8. The molecule has 2 rings (SSSR count). The summed E-state index contributed by atoms with van der Waals surface area (Å²) in [5.74, 6) is 1.01. The van der Waals surface area contributed by atoms with Gasteiger partial charge in [0, 0.05) is 31.2 Å². The molecule has 0 aromatic heterocycles. The highest BCUT2D eigenvalue weighted by Gasteiger charge is 2.32. The van der Waals surface area contributed by atoms with E-state index in [1.807, 2.05) is 0 Å². The van der Waals surface area contributed by atoms with Crippen LogP contribution in [0, 0.1) is 0 Å². The molecule has 1 aromatic rings. The van der Waals surface area contributed by atoms with Gasteiger partial charge in [0.2, 0.25) is 0 Å². The molecule has 1 aromatic carbocycles. The van der Waals surface area contributed by atoms with Crippen molar-refractivity contribution in [1.29, 1.82) is 0 Å². The number of nitrogens with two attached hydrogens (primary N) is 1. The summed E-state index contributed by atoms with van der Waals surface area (Å²) in [5.41, 5.74) is 8.27. The Bertz CT molecular complexity index is 460. The number of hydrogen-bond acceptors (Lipinski definition) is 4. The van der Waals surface area contributed by atoms with Crippen LogP contribution in [0.15, 0.2) is 18.2 Å². The van der Waals surface area contributed by atoms with Gasteiger partial charge in [0.15, 0.2) is 0 Å². The van der Waals surface area contributed by atoms with Gasteiger partial charge in [-0.05, 0) is 45.2 Å². The SMILES string of the molecule is CC1(C)Cc2cccc(C(CN)NCCCCCO)c2O1. The van der Waals surface area contributed by atoms with Crippen LogP contribution in [0.1, 0.15) is 50.3 Å². The summed E-state index contributed by atoms with van der Waals surface area (Å²) in [4.78, 5) is 0. The average molecular weight is 292 g/mol. The Kier molecular flexibility index (Phi) is 5.62. The summed E-state index contributed by atoms with van der Waals surface area (Å²) in [7, 11) is 0.